The molecule has 27 heavy (non-hydrogen) atoms. The van der Waals surface area contributed by atoms with Gasteiger partial charge in [0.25, 0.3) is 5.91 Å². The van der Waals surface area contributed by atoms with E-state index in [1.807, 2.05) is 25.1 Å². The number of hydrazine groups is 1. The van der Waals surface area contributed by atoms with Crippen LogP contribution in [0.2, 0.25) is 0 Å². The first-order valence-electron chi connectivity index (χ1n) is 7.96. The van der Waals surface area contributed by atoms with Crippen LogP contribution in [0, 0.1) is 12.7 Å². The zero-order chi connectivity index (χ0) is 19.6. The Kier molecular flexibility index (Phi) is 7.45. The molecule has 0 aliphatic carbocycles. The summed E-state index contributed by atoms with van der Waals surface area (Å²) in [6.45, 7) is 1.66. The van der Waals surface area contributed by atoms with Crippen LogP contribution >= 0.6 is 12.2 Å². The van der Waals surface area contributed by atoms with Gasteiger partial charge in [0, 0.05) is 6.08 Å². The lowest BCUT2D eigenvalue weighted by atomic mass is 10.2. The Hall–Kier alpha value is -3.26. The standard InChI is InChI=1S/C19H18FN3O3S/c1-13-4-2-3-5-16(13)26-12-18(25)22-23-19(27)21-17(24)11-8-14-6-9-15(20)10-7-14/h2-11H,12H2,1H3,(H,22,25)(H2,21,23,24,27)/b11-8+. The van der Waals surface area contributed by atoms with Crippen LogP contribution in [0.15, 0.2) is 54.6 Å². The molecule has 0 fully saturated rings. The Morgan fingerprint density at radius 3 is 2.52 bits per heavy atom. The molecule has 6 nitrogen and oxygen atoms in total. The van der Waals surface area contributed by atoms with Gasteiger partial charge in [-0.05, 0) is 54.5 Å². The third-order valence-corrected chi connectivity index (χ3v) is 3.51. The van der Waals surface area contributed by atoms with Crippen LogP contribution in [0.3, 0.4) is 0 Å². The van der Waals surface area contributed by atoms with E-state index in [1.54, 1.807) is 6.07 Å². The van der Waals surface area contributed by atoms with Crippen molar-refractivity contribution in [1.82, 2.24) is 16.2 Å². The molecule has 0 bridgehead atoms. The molecule has 0 spiro atoms. The number of carbonyl (C=O) groups is 2. The smallest absolute Gasteiger partial charge is 0.276 e. The summed E-state index contributed by atoms with van der Waals surface area (Å²) in [6.07, 6.45) is 2.75. The fourth-order valence-corrected chi connectivity index (χ4v) is 2.11. The largest absolute Gasteiger partial charge is 0.483 e. The lowest BCUT2D eigenvalue weighted by molar-refractivity contribution is -0.123. The molecule has 0 heterocycles. The minimum absolute atomic E-state index is 0.0759. The van der Waals surface area contributed by atoms with Gasteiger partial charge in [0.05, 0.1) is 0 Å². The van der Waals surface area contributed by atoms with Gasteiger partial charge in [-0.25, -0.2) is 4.39 Å². The zero-order valence-corrected chi connectivity index (χ0v) is 15.3. The minimum Gasteiger partial charge on any atom is -0.483 e. The van der Waals surface area contributed by atoms with E-state index in [4.69, 9.17) is 17.0 Å². The molecule has 0 aliphatic heterocycles. The van der Waals surface area contributed by atoms with E-state index in [9.17, 15) is 14.0 Å². The second-order valence-corrected chi connectivity index (χ2v) is 5.84. The number of hydrogen-bond donors (Lipinski definition) is 3. The van der Waals surface area contributed by atoms with E-state index in [1.165, 1.54) is 36.4 Å². The SMILES string of the molecule is Cc1ccccc1OCC(=O)NNC(=S)NC(=O)/C=C/c1ccc(F)cc1. The molecule has 2 rings (SSSR count). The molecule has 2 aromatic rings. The number of amides is 2. The highest BCUT2D eigenvalue weighted by molar-refractivity contribution is 7.80. The molecular formula is C19H18FN3O3S. The predicted molar refractivity (Wildman–Crippen MR) is 104 cm³/mol. The van der Waals surface area contributed by atoms with Crippen molar-refractivity contribution in [3.8, 4) is 5.75 Å². The number of carbonyl (C=O) groups excluding carboxylic acids is 2. The Labute approximate surface area is 161 Å². The number of thiocarbonyl (C=S) groups is 1. The molecule has 3 N–H and O–H groups in total. The molecule has 0 radical (unpaired) electrons. The molecule has 8 heteroatoms. The van der Waals surface area contributed by atoms with Crippen molar-refractivity contribution in [2.45, 2.75) is 6.92 Å². The van der Waals surface area contributed by atoms with Crippen LogP contribution in [0.25, 0.3) is 6.08 Å². The molecule has 0 unspecified atom stereocenters. The number of rotatable bonds is 5. The zero-order valence-electron chi connectivity index (χ0n) is 14.5. The maximum Gasteiger partial charge on any atom is 0.276 e. The first-order chi connectivity index (χ1) is 12.9. The molecule has 0 saturated heterocycles. The summed E-state index contributed by atoms with van der Waals surface area (Å²) in [6, 6.07) is 13.0. The molecule has 0 saturated carbocycles. The van der Waals surface area contributed by atoms with Gasteiger partial charge in [-0.15, -0.1) is 0 Å². The molecule has 0 aliphatic rings. The van der Waals surface area contributed by atoms with Crippen LogP contribution in [-0.2, 0) is 9.59 Å². The molecule has 2 aromatic carbocycles. The summed E-state index contributed by atoms with van der Waals surface area (Å²) >= 11 is 4.91. The van der Waals surface area contributed by atoms with Crippen molar-refractivity contribution in [2.24, 2.45) is 0 Å². The van der Waals surface area contributed by atoms with Crippen LogP contribution in [0.1, 0.15) is 11.1 Å². The van der Waals surface area contributed by atoms with Crippen molar-refractivity contribution in [2.75, 3.05) is 6.61 Å². The van der Waals surface area contributed by atoms with Crippen LogP contribution in [0.4, 0.5) is 4.39 Å². The average Bonchev–Trinajstić information content (AvgIpc) is 2.65. The van der Waals surface area contributed by atoms with Gasteiger partial charge in [0.1, 0.15) is 11.6 Å². The lowest BCUT2D eigenvalue weighted by Crippen LogP contribution is -2.49. The van der Waals surface area contributed by atoms with Gasteiger partial charge in [0.15, 0.2) is 11.7 Å². The fraction of sp³-hybridized carbons (Fsp3) is 0.105. The van der Waals surface area contributed by atoms with E-state index in [2.05, 4.69) is 16.2 Å². The van der Waals surface area contributed by atoms with E-state index in [0.29, 0.717) is 11.3 Å². The first kappa shape index (κ1) is 20.1. The minimum atomic E-state index is -0.498. The van der Waals surface area contributed by atoms with Gasteiger partial charge in [-0.3, -0.25) is 25.8 Å². The Bertz CT molecular complexity index is 854. The second kappa shape index (κ2) is 10.0. The van der Waals surface area contributed by atoms with Crippen LogP contribution in [-0.4, -0.2) is 23.5 Å². The summed E-state index contributed by atoms with van der Waals surface area (Å²) in [5.41, 5.74) is 6.30. The Morgan fingerprint density at radius 2 is 1.81 bits per heavy atom. The summed E-state index contributed by atoms with van der Waals surface area (Å²) in [5, 5.41) is 2.29. The van der Waals surface area contributed by atoms with Gasteiger partial charge in [-0.1, -0.05) is 30.3 Å². The highest BCUT2D eigenvalue weighted by Crippen LogP contribution is 2.15. The molecule has 0 atom stereocenters. The summed E-state index contributed by atoms with van der Waals surface area (Å²) < 4.78 is 18.2. The summed E-state index contributed by atoms with van der Waals surface area (Å²) in [5.74, 6) is -0.711. The van der Waals surface area contributed by atoms with Crippen molar-refractivity contribution in [3.63, 3.8) is 0 Å². The van der Waals surface area contributed by atoms with Crippen LogP contribution < -0.4 is 20.9 Å². The summed E-state index contributed by atoms with van der Waals surface area (Å²) in [7, 11) is 0. The molecule has 140 valence electrons. The highest BCUT2D eigenvalue weighted by atomic mass is 32.1. The van der Waals surface area contributed by atoms with Gasteiger partial charge in [-0.2, -0.15) is 0 Å². The van der Waals surface area contributed by atoms with E-state index in [-0.39, 0.29) is 17.5 Å². The van der Waals surface area contributed by atoms with Crippen molar-refractivity contribution in [1.29, 1.82) is 0 Å². The molecule has 0 aromatic heterocycles. The normalized spacial score (nSPS) is 10.3. The van der Waals surface area contributed by atoms with Crippen LogP contribution in [0.5, 0.6) is 5.75 Å². The van der Waals surface area contributed by atoms with Gasteiger partial charge >= 0.3 is 0 Å². The number of ether oxygens (including phenoxy) is 1. The van der Waals surface area contributed by atoms with Gasteiger partial charge in [0.2, 0.25) is 5.91 Å². The van der Waals surface area contributed by atoms with Crippen molar-refractivity contribution < 1.29 is 18.7 Å². The number of nitrogens with one attached hydrogen (secondary N) is 3. The molecule has 2 amide bonds. The van der Waals surface area contributed by atoms with Gasteiger partial charge < -0.3 is 4.74 Å². The van der Waals surface area contributed by atoms with Crippen molar-refractivity contribution >= 4 is 35.2 Å². The maximum atomic E-state index is 12.8. The monoisotopic (exact) mass is 387 g/mol. The topological polar surface area (TPSA) is 79.5 Å². The second-order valence-electron chi connectivity index (χ2n) is 5.43. The number of aryl methyl sites for hydroxylation is 1. The summed E-state index contributed by atoms with van der Waals surface area (Å²) in [4.78, 5) is 23.5. The van der Waals surface area contributed by atoms with E-state index >= 15 is 0 Å². The first-order valence-corrected chi connectivity index (χ1v) is 8.37. The lowest BCUT2D eigenvalue weighted by Gasteiger charge is -2.11. The highest BCUT2D eigenvalue weighted by Gasteiger charge is 2.06. The Balaban J connectivity index is 1.70. The number of para-hydroxylation sites is 1. The van der Waals surface area contributed by atoms with E-state index in [0.717, 1.165) is 5.56 Å². The number of hydrogen-bond acceptors (Lipinski definition) is 4. The number of benzene rings is 2. The third kappa shape index (κ3) is 7.25. The van der Waals surface area contributed by atoms with Crippen molar-refractivity contribution in [3.05, 3.63) is 71.6 Å². The fourth-order valence-electron chi connectivity index (χ4n) is 1.95. The number of halogens is 1. The predicted octanol–water partition coefficient (Wildman–Crippen LogP) is 2.25. The quantitative estimate of drug-likeness (QED) is 0.417. The Morgan fingerprint density at radius 1 is 1.11 bits per heavy atom. The third-order valence-electron chi connectivity index (χ3n) is 3.30. The maximum absolute atomic E-state index is 12.8. The van der Waals surface area contributed by atoms with E-state index < -0.39 is 11.8 Å². The average molecular weight is 387 g/mol. The molecular weight excluding hydrogens is 369 g/mol.